The number of fused-ring (bicyclic) bond motifs is 1. The van der Waals surface area contributed by atoms with Gasteiger partial charge in [0.25, 0.3) is 5.91 Å². The van der Waals surface area contributed by atoms with Crippen LogP contribution in [0.2, 0.25) is 0 Å². The van der Waals surface area contributed by atoms with Crippen LogP contribution in [-0.2, 0) is 22.7 Å². The van der Waals surface area contributed by atoms with Crippen LogP contribution in [0.3, 0.4) is 0 Å². The molecule has 2 aliphatic heterocycles. The van der Waals surface area contributed by atoms with Crippen molar-refractivity contribution in [1.82, 2.24) is 14.7 Å². The number of primary amides is 1. The SMILES string of the molecule is NC(=O)C1CCN(C(=O)c2ccc(CN3C(=O)CCn4nc(-c5ccccc5)cc43)cc2)CC1. The van der Waals surface area contributed by atoms with E-state index in [1.165, 1.54) is 0 Å². The molecule has 0 radical (unpaired) electrons. The molecule has 2 N–H and O–H groups in total. The highest BCUT2D eigenvalue weighted by Gasteiger charge is 2.28. The van der Waals surface area contributed by atoms with Crippen molar-refractivity contribution in [2.45, 2.75) is 32.4 Å². The van der Waals surface area contributed by atoms with E-state index in [1.807, 2.05) is 53.2 Å². The van der Waals surface area contributed by atoms with Crippen LogP contribution in [0.15, 0.2) is 60.7 Å². The van der Waals surface area contributed by atoms with E-state index >= 15 is 0 Å². The Labute approximate surface area is 197 Å². The number of carbonyl (C=O) groups excluding carboxylic acids is 3. The van der Waals surface area contributed by atoms with Gasteiger partial charge >= 0.3 is 0 Å². The number of aryl methyl sites for hydroxylation is 1. The number of amides is 3. The molecule has 0 unspecified atom stereocenters. The average Bonchev–Trinajstić information content (AvgIpc) is 3.31. The highest BCUT2D eigenvalue weighted by Crippen LogP contribution is 2.29. The number of hydrogen-bond donors (Lipinski definition) is 1. The first-order chi connectivity index (χ1) is 16.5. The van der Waals surface area contributed by atoms with Gasteiger partial charge in [-0.05, 0) is 30.5 Å². The summed E-state index contributed by atoms with van der Waals surface area (Å²) < 4.78 is 1.89. The quantitative estimate of drug-likeness (QED) is 0.637. The maximum absolute atomic E-state index is 12.9. The molecule has 8 nitrogen and oxygen atoms in total. The summed E-state index contributed by atoms with van der Waals surface area (Å²) in [5.41, 5.74) is 8.78. The van der Waals surface area contributed by atoms with Gasteiger partial charge in [-0.25, -0.2) is 4.68 Å². The van der Waals surface area contributed by atoms with Crippen LogP contribution in [-0.4, -0.2) is 45.5 Å². The molecule has 2 aromatic carbocycles. The summed E-state index contributed by atoms with van der Waals surface area (Å²) in [7, 11) is 0. The van der Waals surface area contributed by atoms with Crippen LogP contribution in [0.1, 0.15) is 35.2 Å². The lowest BCUT2D eigenvalue weighted by atomic mass is 9.96. The van der Waals surface area contributed by atoms with Gasteiger partial charge in [0, 0.05) is 42.6 Å². The van der Waals surface area contributed by atoms with Gasteiger partial charge in [-0.1, -0.05) is 42.5 Å². The standard InChI is InChI=1S/C26H27N5O3/c27-25(33)20-10-13-29(14-11-20)26(34)21-8-6-18(7-9-21)17-30-23-16-22(19-4-2-1-3-5-19)28-31(23)15-12-24(30)32/h1-9,16,20H,10-15,17H2,(H2,27,33). The molecular weight excluding hydrogens is 430 g/mol. The largest absolute Gasteiger partial charge is 0.369 e. The van der Waals surface area contributed by atoms with Crippen molar-refractivity contribution in [2.75, 3.05) is 18.0 Å². The zero-order valence-corrected chi connectivity index (χ0v) is 18.9. The van der Waals surface area contributed by atoms with Crippen LogP contribution >= 0.6 is 0 Å². The fraction of sp³-hybridized carbons (Fsp3) is 0.308. The van der Waals surface area contributed by atoms with Crippen molar-refractivity contribution in [3.05, 3.63) is 71.8 Å². The summed E-state index contributed by atoms with van der Waals surface area (Å²) in [5, 5.41) is 4.70. The number of likely N-dealkylation sites (tertiary alicyclic amines) is 1. The number of anilines is 1. The molecule has 2 aliphatic rings. The molecule has 174 valence electrons. The van der Waals surface area contributed by atoms with Gasteiger partial charge in [-0.3, -0.25) is 19.3 Å². The monoisotopic (exact) mass is 457 g/mol. The zero-order chi connectivity index (χ0) is 23.7. The van der Waals surface area contributed by atoms with Crippen molar-refractivity contribution in [3.63, 3.8) is 0 Å². The van der Waals surface area contributed by atoms with E-state index in [-0.39, 0.29) is 23.6 Å². The van der Waals surface area contributed by atoms with Crippen molar-refractivity contribution in [1.29, 1.82) is 0 Å². The van der Waals surface area contributed by atoms with Gasteiger partial charge in [0.15, 0.2) is 0 Å². The van der Waals surface area contributed by atoms with Crippen molar-refractivity contribution in [3.8, 4) is 11.3 Å². The number of carbonyl (C=O) groups is 3. The fourth-order valence-corrected chi connectivity index (χ4v) is 4.66. The number of aromatic nitrogens is 2. The molecule has 3 aromatic rings. The second kappa shape index (κ2) is 9.13. The third kappa shape index (κ3) is 4.31. The molecule has 8 heteroatoms. The molecule has 1 saturated heterocycles. The number of piperidine rings is 1. The summed E-state index contributed by atoms with van der Waals surface area (Å²) in [4.78, 5) is 40.5. The lowest BCUT2D eigenvalue weighted by Gasteiger charge is -2.30. The zero-order valence-electron chi connectivity index (χ0n) is 18.9. The second-order valence-corrected chi connectivity index (χ2v) is 8.87. The Hall–Kier alpha value is -3.94. The van der Waals surface area contributed by atoms with Crippen molar-refractivity contribution < 1.29 is 14.4 Å². The van der Waals surface area contributed by atoms with Gasteiger partial charge in [0.1, 0.15) is 5.82 Å². The molecule has 0 spiro atoms. The van der Waals surface area contributed by atoms with E-state index in [0.717, 1.165) is 22.6 Å². The van der Waals surface area contributed by atoms with Crippen LogP contribution < -0.4 is 10.6 Å². The highest BCUT2D eigenvalue weighted by molar-refractivity contribution is 5.95. The van der Waals surface area contributed by atoms with E-state index in [2.05, 4.69) is 0 Å². The Morgan fingerprint density at radius 3 is 2.35 bits per heavy atom. The molecule has 5 rings (SSSR count). The summed E-state index contributed by atoms with van der Waals surface area (Å²) in [6, 6.07) is 19.3. The predicted molar refractivity (Wildman–Crippen MR) is 128 cm³/mol. The van der Waals surface area contributed by atoms with Crippen molar-refractivity contribution in [2.24, 2.45) is 11.7 Å². The van der Waals surface area contributed by atoms with Crippen LogP contribution in [0.25, 0.3) is 11.3 Å². The first-order valence-electron chi connectivity index (χ1n) is 11.6. The van der Waals surface area contributed by atoms with Gasteiger partial charge in [0.05, 0.1) is 18.8 Å². The summed E-state index contributed by atoms with van der Waals surface area (Å²) in [5.74, 6) is 0.358. The Bertz CT molecular complexity index is 1210. The average molecular weight is 458 g/mol. The number of nitrogens with two attached hydrogens (primary N) is 1. The second-order valence-electron chi connectivity index (χ2n) is 8.87. The molecule has 34 heavy (non-hydrogen) atoms. The molecule has 3 amide bonds. The Morgan fingerprint density at radius 1 is 0.971 bits per heavy atom. The normalized spacial score (nSPS) is 16.4. The minimum absolute atomic E-state index is 0.0471. The van der Waals surface area contributed by atoms with Crippen LogP contribution in [0, 0.1) is 5.92 Å². The fourth-order valence-electron chi connectivity index (χ4n) is 4.66. The number of rotatable bonds is 5. The van der Waals surface area contributed by atoms with Crippen LogP contribution in [0.5, 0.6) is 0 Å². The first kappa shape index (κ1) is 21.9. The molecule has 0 saturated carbocycles. The van der Waals surface area contributed by atoms with Gasteiger partial charge < -0.3 is 10.6 Å². The summed E-state index contributed by atoms with van der Waals surface area (Å²) in [6.07, 6.45) is 1.62. The van der Waals surface area contributed by atoms with Gasteiger partial charge in [-0.2, -0.15) is 5.10 Å². The Morgan fingerprint density at radius 2 is 1.68 bits per heavy atom. The first-order valence-corrected chi connectivity index (χ1v) is 11.6. The summed E-state index contributed by atoms with van der Waals surface area (Å²) in [6.45, 7) is 2.04. The topological polar surface area (TPSA) is 102 Å². The Kier molecular flexibility index (Phi) is 5.88. The van der Waals surface area contributed by atoms with Gasteiger partial charge in [-0.15, -0.1) is 0 Å². The molecule has 0 aliphatic carbocycles. The molecule has 0 bridgehead atoms. The number of hydrogen-bond acceptors (Lipinski definition) is 4. The molecule has 1 fully saturated rings. The van der Waals surface area contributed by atoms with Crippen LogP contribution in [0.4, 0.5) is 5.82 Å². The minimum Gasteiger partial charge on any atom is -0.369 e. The lowest BCUT2D eigenvalue weighted by molar-refractivity contribution is -0.123. The van der Waals surface area contributed by atoms with E-state index in [0.29, 0.717) is 51.0 Å². The number of benzene rings is 2. The maximum Gasteiger partial charge on any atom is 0.253 e. The summed E-state index contributed by atoms with van der Waals surface area (Å²) >= 11 is 0. The van der Waals surface area contributed by atoms with Crippen molar-refractivity contribution >= 4 is 23.5 Å². The lowest BCUT2D eigenvalue weighted by Crippen LogP contribution is -2.41. The maximum atomic E-state index is 12.9. The number of nitrogens with zero attached hydrogens (tertiary/aromatic N) is 4. The third-order valence-corrected chi connectivity index (χ3v) is 6.67. The van der Waals surface area contributed by atoms with E-state index < -0.39 is 0 Å². The molecule has 3 heterocycles. The predicted octanol–water partition coefficient (Wildman–Crippen LogP) is 2.82. The highest BCUT2D eigenvalue weighted by atomic mass is 16.2. The van der Waals surface area contributed by atoms with E-state index in [1.54, 1.807) is 21.9 Å². The molecule has 0 atom stereocenters. The smallest absolute Gasteiger partial charge is 0.253 e. The Balaban J connectivity index is 1.29. The minimum atomic E-state index is -0.291. The third-order valence-electron chi connectivity index (χ3n) is 6.67. The molecule has 1 aromatic heterocycles. The van der Waals surface area contributed by atoms with E-state index in [4.69, 9.17) is 10.8 Å². The molecular formula is C26H27N5O3. The van der Waals surface area contributed by atoms with E-state index in [9.17, 15) is 14.4 Å². The van der Waals surface area contributed by atoms with Gasteiger partial charge in [0.2, 0.25) is 11.8 Å².